The van der Waals surface area contributed by atoms with Crippen molar-refractivity contribution in [2.75, 3.05) is 19.0 Å². The van der Waals surface area contributed by atoms with Crippen LogP contribution in [0.5, 0.6) is 5.88 Å². The van der Waals surface area contributed by atoms with Gasteiger partial charge in [-0.25, -0.2) is 0 Å². The van der Waals surface area contributed by atoms with Crippen molar-refractivity contribution in [2.45, 2.75) is 6.92 Å². The van der Waals surface area contributed by atoms with Crippen molar-refractivity contribution < 1.29 is 4.74 Å². The SMILES string of the molecule is CCOc1nc(NC)nc2[nH]ccc12. The van der Waals surface area contributed by atoms with E-state index in [-0.39, 0.29) is 0 Å². The number of fused-ring (bicyclic) bond motifs is 1. The van der Waals surface area contributed by atoms with Gasteiger partial charge in [-0.3, -0.25) is 0 Å². The number of nitrogens with zero attached hydrogens (tertiary/aromatic N) is 2. The molecule has 14 heavy (non-hydrogen) atoms. The standard InChI is InChI=1S/C9H12N4O/c1-3-14-8-6-4-5-11-7(6)12-9(10-2)13-8/h4-5H,3H2,1-2H3,(H2,10,11,12,13). The highest BCUT2D eigenvalue weighted by atomic mass is 16.5. The topological polar surface area (TPSA) is 62.8 Å². The van der Waals surface area contributed by atoms with E-state index < -0.39 is 0 Å². The Labute approximate surface area is 81.5 Å². The molecule has 0 amide bonds. The second-order valence-electron chi connectivity index (χ2n) is 2.78. The summed E-state index contributed by atoms with van der Waals surface area (Å²) in [6.45, 7) is 2.53. The van der Waals surface area contributed by atoms with E-state index in [9.17, 15) is 0 Å². The molecule has 5 nitrogen and oxygen atoms in total. The Morgan fingerprint density at radius 1 is 1.50 bits per heavy atom. The summed E-state index contributed by atoms with van der Waals surface area (Å²) in [5.74, 6) is 1.17. The molecule has 0 spiro atoms. The molecule has 2 rings (SSSR count). The van der Waals surface area contributed by atoms with Crippen LogP contribution in [0.3, 0.4) is 0 Å². The van der Waals surface area contributed by atoms with Crippen molar-refractivity contribution in [2.24, 2.45) is 0 Å². The van der Waals surface area contributed by atoms with Crippen molar-refractivity contribution >= 4 is 17.0 Å². The van der Waals surface area contributed by atoms with Crippen LogP contribution in [0.25, 0.3) is 11.0 Å². The summed E-state index contributed by atoms with van der Waals surface area (Å²) in [6, 6.07) is 1.90. The van der Waals surface area contributed by atoms with Crippen molar-refractivity contribution in [1.82, 2.24) is 15.0 Å². The maximum atomic E-state index is 5.41. The van der Waals surface area contributed by atoms with E-state index in [1.165, 1.54) is 0 Å². The molecule has 5 heteroatoms. The summed E-state index contributed by atoms with van der Waals surface area (Å²) >= 11 is 0. The molecule has 2 aromatic rings. The van der Waals surface area contributed by atoms with Gasteiger partial charge in [0, 0.05) is 13.2 Å². The van der Waals surface area contributed by atoms with E-state index in [0.717, 1.165) is 11.0 Å². The lowest BCUT2D eigenvalue weighted by Gasteiger charge is -2.05. The third-order valence-corrected chi connectivity index (χ3v) is 1.89. The number of nitrogens with one attached hydrogen (secondary N) is 2. The zero-order valence-corrected chi connectivity index (χ0v) is 8.16. The number of hydrogen-bond donors (Lipinski definition) is 2. The Bertz CT molecular complexity index is 437. The fraction of sp³-hybridized carbons (Fsp3) is 0.333. The minimum Gasteiger partial charge on any atom is -0.477 e. The highest BCUT2D eigenvalue weighted by molar-refractivity contribution is 5.81. The van der Waals surface area contributed by atoms with Gasteiger partial charge >= 0.3 is 0 Å². The van der Waals surface area contributed by atoms with Gasteiger partial charge in [-0.1, -0.05) is 0 Å². The van der Waals surface area contributed by atoms with E-state index in [0.29, 0.717) is 18.4 Å². The molecule has 74 valence electrons. The molecule has 0 atom stereocenters. The smallest absolute Gasteiger partial charge is 0.227 e. The van der Waals surface area contributed by atoms with Crippen LogP contribution in [-0.4, -0.2) is 28.6 Å². The lowest BCUT2D eigenvalue weighted by molar-refractivity contribution is 0.331. The number of ether oxygens (including phenoxy) is 1. The predicted octanol–water partition coefficient (Wildman–Crippen LogP) is 1.40. The molecule has 0 fully saturated rings. The summed E-state index contributed by atoms with van der Waals surface area (Å²) in [7, 11) is 1.78. The molecular weight excluding hydrogens is 180 g/mol. The predicted molar refractivity (Wildman–Crippen MR) is 54.6 cm³/mol. The third kappa shape index (κ3) is 1.37. The zero-order valence-electron chi connectivity index (χ0n) is 8.16. The average Bonchev–Trinajstić information content (AvgIpc) is 2.66. The number of H-pyrrole nitrogens is 1. The first kappa shape index (κ1) is 8.80. The van der Waals surface area contributed by atoms with Crippen LogP contribution < -0.4 is 10.1 Å². The molecule has 0 aliphatic rings. The van der Waals surface area contributed by atoms with Gasteiger partial charge in [0.2, 0.25) is 11.8 Å². The molecule has 0 bridgehead atoms. The quantitative estimate of drug-likeness (QED) is 0.771. The molecule has 0 radical (unpaired) electrons. The monoisotopic (exact) mass is 192 g/mol. The second kappa shape index (κ2) is 3.53. The molecule has 0 aromatic carbocycles. The van der Waals surface area contributed by atoms with Gasteiger partial charge in [-0.15, -0.1) is 0 Å². The third-order valence-electron chi connectivity index (χ3n) is 1.89. The van der Waals surface area contributed by atoms with Crippen LogP contribution >= 0.6 is 0 Å². The summed E-state index contributed by atoms with van der Waals surface area (Å²) in [5, 5.41) is 3.79. The van der Waals surface area contributed by atoms with Crippen LogP contribution in [0.1, 0.15) is 6.92 Å². The molecular formula is C9H12N4O. The van der Waals surface area contributed by atoms with E-state index in [4.69, 9.17) is 4.74 Å². The minimum absolute atomic E-state index is 0.559. The first-order valence-corrected chi connectivity index (χ1v) is 4.51. The van der Waals surface area contributed by atoms with Gasteiger partial charge in [-0.2, -0.15) is 9.97 Å². The largest absolute Gasteiger partial charge is 0.477 e. The van der Waals surface area contributed by atoms with Gasteiger partial charge in [0.25, 0.3) is 0 Å². The second-order valence-corrected chi connectivity index (χ2v) is 2.78. The fourth-order valence-corrected chi connectivity index (χ4v) is 1.27. The molecule has 0 unspecified atom stereocenters. The van der Waals surface area contributed by atoms with Crippen LogP contribution in [0.15, 0.2) is 12.3 Å². The number of aromatic amines is 1. The summed E-state index contributed by atoms with van der Waals surface area (Å²) in [4.78, 5) is 11.5. The molecule has 0 saturated heterocycles. The lowest BCUT2D eigenvalue weighted by atomic mass is 10.4. The van der Waals surface area contributed by atoms with Crippen LogP contribution in [-0.2, 0) is 0 Å². The maximum absolute atomic E-state index is 5.41. The van der Waals surface area contributed by atoms with Gasteiger partial charge in [-0.05, 0) is 13.0 Å². The first-order valence-electron chi connectivity index (χ1n) is 4.51. The lowest BCUT2D eigenvalue weighted by Crippen LogP contribution is -2.01. The highest BCUT2D eigenvalue weighted by Gasteiger charge is 2.07. The van der Waals surface area contributed by atoms with Crippen LogP contribution in [0.2, 0.25) is 0 Å². The van der Waals surface area contributed by atoms with Crippen LogP contribution in [0.4, 0.5) is 5.95 Å². The molecule has 2 heterocycles. The highest BCUT2D eigenvalue weighted by Crippen LogP contribution is 2.22. The van der Waals surface area contributed by atoms with Gasteiger partial charge < -0.3 is 15.0 Å². The fourth-order valence-electron chi connectivity index (χ4n) is 1.27. The van der Waals surface area contributed by atoms with E-state index >= 15 is 0 Å². The molecule has 0 aliphatic carbocycles. The number of aromatic nitrogens is 3. The summed E-state index contributed by atoms with van der Waals surface area (Å²) in [5.41, 5.74) is 0.785. The molecule has 2 N–H and O–H groups in total. The zero-order chi connectivity index (χ0) is 9.97. The van der Waals surface area contributed by atoms with E-state index in [1.807, 2.05) is 19.2 Å². The molecule has 2 aromatic heterocycles. The van der Waals surface area contributed by atoms with Gasteiger partial charge in [0.1, 0.15) is 5.65 Å². The number of hydrogen-bond acceptors (Lipinski definition) is 4. The van der Waals surface area contributed by atoms with Crippen molar-refractivity contribution in [3.63, 3.8) is 0 Å². The van der Waals surface area contributed by atoms with Gasteiger partial charge in [0.15, 0.2) is 0 Å². The van der Waals surface area contributed by atoms with Gasteiger partial charge in [0.05, 0.1) is 12.0 Å². The Balaban J connectivity index is 2.58. The van der Waals surface area contributed by atoms with Crippen LogP contribution in [0, 0.1) is 0 Å². The maximum Gasteiger partial charge on any atom is 0.227 e. The Morgan fingerprint density at radius 3 is 3.07 bits per heavy atom. The van der Waals surface area contributed by atoms with Crippen molar-refractivity contribution in [3.05, 3.63) is 12.3 Å². The Kier molecular flexibility index (Phi) is 2.22. The van der Waals surface area contributed by atoms with E-state index in [1.54, 1.807) is 7.05 Å². The summed E-state index contributed by atoms with van der Waals surface area (Å²) < 4.78 is 5.41. The Hall–Kier alpha value is -1.78. The molecule has 0 aliphatic heterocycles. The van der Waals surface area contributed by atoms with Crippen molar-refractivity contribution in [3.8, 4) is 5.88 Å². The molecule has 0 saturated carbocycles. The minimum atomic E-state index is 0.559. The number of rotatable bonds is 3. The normalized spacial score (nSPS) is 10.4. The Morgan fingerprint density at radius 2 is 2.36 bits per heavy atom. The van der Waals surface area contributed by atoms with E-state index in [2.05, 4.69) is 20.3 Å². The average molecular weight is 192 g/mol. The van der Waals surface area contributed by atoms with Crippen molar-refractivity contribution in [1.29, 1.82) is 0 Å². The number of anilines is 1. The first-order chi connectivity index (χ1) is 6.85. The summed E-state index contributed by atoms with van der Waals surface area (Å²) in [6.07, 6.45) is 1.82.